The molecular weight excluding hydrogens is 282 g/mol. The summed E-state index contributed by atoms with van der Waals surface area (Å²) in [6, 6.07) is 0. The summed E-state index contributed by atoms with van der Waals surface area (Å²) in [4.78, 5) is 27.9. The number of hydrogen-bond donors (Lipinski definition) is 2. The lowest BCUT2D eigenvalue weighted by molar-refractivity contribution is 0.704. The van der Waals surface area contributed by atoms with Crippen LogP contribution in [0.5, 0.6) is 0 Å². The Kier molecular flexibility index (Phi) is 3.66. The summed E-state index contributed by atoms with van der Waals surface area (Å²) in [5.74, 6) is 0. The first kappa shape index (κ1) is 13.9. The zero-order valence-electron chi connectivity index (χ0n) is 10.9. The Morgan fingerprint density at radius 1 is 1.50 bits per heavy atom. The number of thiocarbonyl (C=S) groups is 1. The fourth-order valence-corrected chi connectivity index (χ4v) is 1.83. The summed E-state index contributed by atoms with van der Waals surface area (Å²) >= 11 is 4.60. The van der Waals surface area contributed by atoms with Crippen LogP contribution in [0.1, 0.15) is 0 Å². The minimum absolute atomic E-state index is 0.0510. The minimum Gasteiger partial charge on any atom is -0.375 e. The van der Waals surface area contributed by atoms with E-state index in [1.807, 2.05) is 0 Å². The second kappa shape index (κ2) is 5.25. The number of hydrazone groups is 1. The Labute approximate surface area is 118 Å². The van der Waals surface area contributed by atoms with Gasteiger partial charge in [-0.15, -0.1) is 0 Å². The Morgan fingerprint density at radius 3 is 2.85 bits per heavy atom. The number of nitrogens with one attached hydrogen (secondary N) is 1. The predicted molar refractivity (Wildman–Crippen MR) is 78.6 cm³/mol. The summed E-state index contributed by atoms with van der Waals surface area (Å²) in [5.41, 5.74) is 7.46. The van der Waals surface area contributed by atoms with Gasteiger partial charge in [0.2, 0.25) is 0 Å². The van der Waals surface area contributed by atoms with Gasteiger partial charge in [0.1, 0.15) is 0 Å². The Hall–Kier alpha value is -2.49. The maximum atomic E-state index is 12.1. The van der Waals surface area contributed by atoms with Crippen molar-refractivity contribution in [1.82, 2.24) is 24.1 Å². The largest absolute Gasteiger partial charge is 0.375 e. The quantitative estimate of drug-likeness (QED) is 0.394. The van der Waals surface area contributed by atoms with Crippen LogP contribution in [-0.4, -0.2) is 30.0 Å². The van der Waals surface area contributed by atoms with Crippen LogP contribution in [0.15, 0.2) is 21.0 Å². The molecule has 0 bridgehead atoms. The molecule has 2 heterocycles. The van der Waals surface area contributed by atoms with E-state index < -0.39 is 11.2 Å². The van der Waals surface area contributed by atoms with Crippen molar-refractivity contribution in [2.75, 3.05) is 0 Å². The lowest BCUT2D eigenvalue weighted by atomic mass is 10.5. The molecule has 0 aliphatic heterocycles. The normalized spacial score (nSPS) is 11.3. The highest BCUT2D eigenvalue weighted by Crippen LogP contribution is 2.04. The monoisotopic (exact) mass is 295 g/mol. The number of imidazole rings is 1. The highest BCUT2D eigenvalue weighted by Gasteiger charge is 2.13. The molecule has 9 nitrogen and oxygen atoms in total. The van der Waals surface area contributed by atoms with Gasteiger partial charge in [-0.2, -0.15) is 5.10 Å². The second-order valence-electron chi connectivity index (χ2n) is 4.06. The molecule has 0 radical (unpaired) electrons. The van der Waals surface area contributed by atoms with Crippen LogP contribution < -0.4 is 22.4 Å². The SMILES string of the molecule is Cn1c(=O)c2c(ncn2C/C=N/NC(N)=S)n(C)c1=O. The van der Waals surface area contributed by atoms with Crippen LogP contribution >= 0.6 is 12.2 Å². The molecule has 20 heavy (non-hydrogen) atoms. The van der Waals surface area contributed by atoms with Crippen LogP contribution in [0.2, 0.25) is 0 Å². The molecular formula is C10H13N7O2S. The number of nitrogens with zero attached hydrogens (tertiary/aromatic N) is 5. The van der Waals surface area contributed by atoms with Crippen molar-refractivity contribution in [2.45, 2.75) is 6.54 Å². The lowest BCUT2D eigenvalue weighted by Crippen LogP contribution is -2.37. The fraction of sp³-hybridized carbons (Fsp3) is 0.300. The molecule has 2 aromatic rings. The van der Waals surface area contributed by atoms with Crippen LogP contribution in [0.25, 0.3) is 11.2 Å². The minimum atomic E-state index is -0.420. The number of fused-ring (bicyclic) bond motifs is 1. The third-order valence-electron chi connectivity index (χ3n) is 2.76. The van der Waals surface area contributed by atoms with Crippen molar-refractivity contribution >= 4 is 34.7 Å². The van der Waals surface area contributed by atoms with E-state index in [-0.39, 0.29) is 5.11 Å². The predicted octanol–water partition coefficient (Wildman–Crippen LogP) is -1.75. The maximum absolute atomic E-state index is 12.1. The summed E-state index contributed by atoms with van der Waals surface area (Å²) in [6.07, 6.45) is 2.96. The van der Waals surface area contributed by atoms with Gasteiger partial charge in [-0.3, -0.25) is 19.4 Å². The van der Waals surface area contributed by atoms with Crippen molar-refractivity contribution in [1.29, 1.82) is 0 Å². The fourth-order valence-electron chi connectivity index (χ4n) is 1.77. The van der Waals surface area contributed by atoms with Crippen LogP contribution in [0, 0.1) is 0 Å². The van der Waals surface area contributed by atoms with Gasteiger partial charge >= 0.3 is 5.69 Å². The molecule has 0 fully saturated rings. The molecule has 0 unspecified atom stereocenters. The first-order valence-electron chi connectivity index (χ1n) is 5.61. The highest BCUT2D eigenvalue weighted by atomic mass is 32.1. The van der Waals surface area contributed by atoms with E-state index >= 15 is 0 Å². The zero-order valence-corrected chi connectivity index (χ0v) is 11.7. The number of rotatable bonds is 3. The van der Waals surface area contributed by atoms with Gasteiger partial charge in [-0.1, -0.05) is 0 Å². The Morgan fingerprint density at radius 2 is 2.20 bits per heavy atom. The highest BCUT2D eigenvalue weighted by molar-refractivity contribution is 7.80. The van der Waals surface area contributed by atoms with E-state index in [2.05, 4.69) is 27.7 Å². The molecule has 106 valence electrons. The van der Waals surface area contributed by atoms with E-state index in [1.165, 1.54) is 24.2 Å². The Balaban J connectivity index is 2.47. The standard InChI is InChI=1S/C10H13N7O2S/c1-15-7-6(8(18)16(2)10(15)19)17(5-12-7)4-3-13-14-9(11)20/h3,5H,4H2,1-2H3,(H3,11,14,20)/b13-3+. The Bertz CT molecular complexity index is 813. The number of aromatic nitrogens is 4. The van der Waals surface area contributed by atoms with Gasteiger partial charge in [0.25, 0.3) is 5.56 Å². The van der Waals surface area contributed by atoms with E-state index in [4.69, 9.17) is 5.73 Å². The van der Waals surface area contributed by atoms with Crippen molar-refractivity contribution in [3.8, 4) is 0 Å². The average molecular weight is 295 g/mol. The van der Waals surface area contributed by atoms with Crippen LogP contribution in [-0.2, 0) is 20.6 Å². The average Bonchev–Trinajstić information content (AvgIpc) is 2.82. The van der Waals surface area contributed by atoms with Crippen LogP contribution in [0.4, 0.5) is 0 Å². The first-order valence-corrected chi connectivity index (χ1v) is 6.02. The third-order valence-corrected chi connectivity index (χ3v) is 2.85. The molecule has 0 amide bonds. The van der Waals surface area contributed by atoms with Gasteiger partial charge in [-0.05, 0) is 12.2 Å². The van der Waals surface area contributed by atoms with E-state index in [0.29, 0.717) is 17.7 Å². The zero-order chi connectivity index (χ0) is 14.9. The molecule has 2 rings (SSSR count). The summed E-state index contributed by atoms with van der Waals surface area (Å²) in [5, 5.41) is 3.83. The van der Waals surface area contributed by atoms with Crippen molar-refractivity contribution in [3.05, 3.63) is 27.2 Å². The van der Waals surface area contributed by atoms with E-state index in [0.717, 1.165) is 4.57 Å². The summed E-state index contributed by atoms with van der Waals surface area (Å²) in [6.45, 7) is 0.291. The maximum Gasteiger partial charge on any atom is 0.332 e. The molecule has 0 saturated heterocycles. The van der Waals surface area contributed by atoms with Gasteiger partial charge in [0, 0.05) is 20.3 Å². The molecule has 0 aromatic carbocycles. The van der Waals surface area contributed by atoms with Gasteiger partial charge in [0.05, 0.1) is 12.9 Å². The lowest BCUT2D eigenvalue weighted by Gasteiger charge is -2.04. The first-order chi connectivity index (χ1) is 9.43. The van der Waals surface area contributed by atoms with Gasteiger partial charge in [0.15, 0.2) is 16.3 Å². The molecule has 0 aliphatic rings. The van der Waals surface area contributed by atoms with E-state index in [9.17, 15) is 9.59 Å². The van der Waals surface area contributed by atoms with Crippen molar-refractivity contribution in [2.24, 2.45) is 24.9 Å². The number of hydrogen-bond acceptors (Lipinski definition) is 5. The van der Waals surface area contributed by atoms with Gasteiger partial charge < -0.3 is 10.3 Å². The van der Waals surface area contributed by atoms with Gasteiger partial charge in [-0.25, -0.2) is 9.78 Å². The topological polar surface area (TPSA) is 112 Å². The number of nitrogens with two attached hydrogens (primary N) is 1. The third kappa shape index (κ3) is 2.32. The van der Waals surface area contributed by atoms with Crippen molar-refractivity contribution < 1.29 is 0 Å². The second-order valence-corrected chi connectivity index (χ2v) is 4.50. The number of aryl methyl sites for hydroxylation is 1. The molecule has 0 atom stereocenters. The molecule has 10 heteroatoms. The molecule has 0 spiro atoms. The summed E-state index contributed by atoms with van der Waals surface area (Å²) < 4.78 is 3.93. The molecule has 0 saturated carbocycles. The van der Waals surface area contributed by atoms with Crippen molar-refractivity contribution in [3.63, 3.8) is 0 Å². The summed E-state index contributed by atoms with van der Waals surface area (Å²) in [7, 11) is 2.98. The van der Waals surface area contributed by atoms with E-state index in [1.54, 1.807) is 11.6 Å². The van der Waals surface area contributed by atoms with Crippen LogP contribution in [0.3, 0.4) is 0 Å². The molecule has 3 N–H and O–H groups in total. The molecule has 2 aromatic heterocycles. The smallest absolute Gasteiger partial charge is 0.332 e. The molecule has 0 aliphatic carbocycles.